The number of carbonyl (C=O) groups is 1. The van der Waals surface area contributed by atoms with E-state index in [0.717, 1.165) is 42.4 Å². The zero-order valence-corrected chi connectivity index (χ0v) is 16.8. The summed E-state index contributed by atoms with van der Waals surface area (Å²) in [6, 6.07) is 10.4. The number of benzene rings is 1. The molecule has 1 aromatic carbocycles. The van der Waals surface area contributed by atoms with Crippen molar-refractivity contribution in [2.24, 2.45) is 0 Å². The molecule has 1 atom stereocenters. The van der Waals surface area contributed by atoms with Crippen molar-refractivity contribution in [1.29, 1.82) is 0 Å². The first kappa shape index (κ1) is 19.9. The molecule has 27 heavy (non-hydrogen) atoms. The van der Waals surface area contributed by atoms with Crippen molar-refractivity contribution in [1.82, 2.24) is 15.4 Å². The lowest BCUT2D eigenvalue weighted by Gasteiger charge is -2.33. The van der Waals surface area contributed by atoms with E-state index >= 15 is 0 Å². The minimum atomic E-state index is 0.0375. The van der Waals surface area contributed by atoms with Gasteiger partial charge >= 0.3 is 0 Å². The molecular weight excluding hydrogens is 362 g/mol. The summed E-state index contributed by atoms with van der Waals surface area (Å²) in [4.78, 5) is 14.5. The van der Waals surface area contributed by atoms with Crippen LogP contribution >= 0.6 is 11.8 Å². The molecule has 2 heterocycles. The Balaban J connectivity index is 1.35. The van der Waals surface area contributed by atoms with Crippen LogP contribution in [0.5, 0.6) is 0 Å². The van der Waals surface area contributed by atoms with E-state index in [2.05, 4.69) is 39.6 Å². The van der Waals surface area contributed by atoms with Crippen molar-refractivity contribution in [2.45, 2.75) is 32.2 Å². The van der Waals surface area contributed by atoms with Gasteiger partial charge in [0.25, 0.3) is 0 Å². The van der Waals surface area contributed by atoms with Gasteiger partial charge < -0.3 is 14.6 Å². The molecule has 0 aliphatic carbocycles. The SMILES string of the molecule is Cc1noc(C)c1CSCC(=O)NCC1CN(Cc2ccccc2)CCO1. The van der Waals surface area contributed by atoms with E-state index < -0.39 is 0 Å². The Kier molecular flexibility index (Phi) is 7.32. The normalized spacial score (nSPS) is 17.8. The van der Waals surface area contributed by atoms with Gasteiger partial charge in [-0.25, -0.2) is 0 Å². The summed E-state index contributed by atoms with van der Waals surface area (Å²) in [5, 5.41) is 6.93. The summed E-state index contributed by atoms with van der Waals surface area (Å²) in [7, 11) is 0. The fourth-order valence-electron chi connectivity index (χ4n) is 3.12. The molecule has 0 radical (unpaired) electrons. The number of hydrogen-bond acceptors (Lipinski definition) is 6. The minimum Gasteiger partial charge on any atom is -0.374 e. The van der Waals surface area contributed by atoms with Crippen LogP contribution in [-0.4, -0.2) is 54.1 Å². The summed E-state index contributed by atoms with van der Waals surface area (Å²) < 4.78 is 11.0. The third-order valence-electron chi connectivity index (χ3n) is 4.66. The highest BCUT2D eigenvalue weighted by Crippen LogP contribution is 2.19. The van der Waals surface area contributed by atoms with Crippen molar-refractivity contribution in [3.8, 4) is 0 Å². The van der Waals surface area contributed by atoms with E-state index in [1.165, 1.54) is 5.56 Å². The highest BCUT2D eigenvalue weighted by molar-refractivity contribution is 7.99. The molecule has 0 bridgehead atoms. The Morgan fingerprint density at radius 1 is 1.33 bits per heavy atom. The number of aromatic nitrogens is 1. The predicted octanol–water partition coefficient (Wildman–Crippen LogP) is 2.54. The van der Waals surface area contributed by atoms with Gasteiger partial charge in [0.05, 0.1) is 24.2 Å². The summed E-state index contributed by atoms with van der Waals surface area (Å²) >= 11 is 1.57. The lowest BCUT2D eigenvalue weighted by Crippen LogP contribution is -2.47. The summed E-state index contributed by atoms with van der Waals surface area (Å²) in [5.41, 5.74) is 3.28. The van der Waals surface area contributed by atoms with E-state index in [0.29, 0.717) is 18.9 Å². The first-order valence-corrected chi connectivity index (χ1v) is 10.4. The van der Waals surface area contributed by atoms with Crippen LogP contribution in [-0.2, 0) is 21.8 Å². The Hall–Kier alpha value is -1.83. The molecule has 1 aliphatic rings. The molecule has 1 aromatic heterocycles. The molecule has 2 aromatic rings. The molecule has 6 nitrogen and oxygen atoms in total. The monoisotopic (exact) mass is 389 g/mol. The standard InChI is InChI=1S/C20H27N3O3S/c1-15-19(16(2)26-22-15)13-27-14-20(24)21-10-18-12-23(8-9-25-18)11-17-6-4-3-5-7-17/h3-7,18H,8-14H2,1-2H3,(H,21,24). The lowest BCUT2D eigenvalue weighted by atomic mass is 10.2. The molecule has 1 saturated heterocycles. The fraction of sp³-hybridized carbons (Fsp3) is 0.500. The first-order valence-electron chi connectivity index (χ1n) is 9.26. The minimum absolute atomic E-state index is 0.0375. The van der Waals surface area contributed by atoms with Crippen molar-refractivity contribution >= 4 is 17.7 Å². The predicted molar refractivity (Wildman–Crippen MR) is 107 cm³/mol. The Morgan fingerprint density at radius 2 is 2.15 bits per heavy atom. The molecule has 7 heteroatoms. The third-order valence-corrected chi connectivity index (χ3v) is 5.62. The van der Waals surface area contributed by atoms with Gasteiger partial charge in [-0.3, -0.25) is 9.69 Å². The van der Waals surface area contributed by atoms with Crippen molar-refractivity contribution in [3.05, 3.63) is 52.9 Å². The molecule has 1 aliphatic heterocycles. The quantitative estimate of drug-likeness (QED) is 0.748. The summed E-state index contributed by atoms with van der Waals surface area (Å²) in [6.45, 7) is 7.76. The molecule has 1 amide bonds. The second-order valence-electron chi connectivity index (χ2n) is 6.81. The Morgan fingerprint density at radius 3 is 2.89 bits per heavy atom. The Labute approximate surface area is 164 Å². The van der Waals surface area contributed by atoms with Crippen molar-refractivity contribution in [2.75, 3.05) is 32.0 Å². The highest BCUT2D eigenvalue weighted by Gasteiger charge is 2.21. The van der Waals surface area contributed by atoms with E-state index in [1.807, 2.05) is 19.9 Å². The van der Waals surface area contributed by atoms with Gasteiger partial charge in [0, 0.05) is 37.5 Å². The number of nitrogens with one attached hydrogen (secondary N) is 1. The van der Waals surface area contributed by atoms with Gasteiger partial charge in [0.1, 0.15) is 5.76 Å². The molecule has 0 saturated carbocycles. The molecule has 3 rings (SSSR count). The van der Waals surface area contributed by atoms with Crippen LogP contribution in [0.2, 0.25) is 0 Å². The van der Waals surface area contributed by atoms with Crippen LogP contribution in [0.25, 0.3) is 0 Å². The van der Waals surface area contributed by atoms with Crippen LogP contribution in [0.3, 0.4) is 0 Å². The number of ether oxygens (including phenoxy) is 1. The van der Waals surface area contributed by atoms with Gasteiger partial charge in [-0.1, -0.05) is 35.5 Å². The van der Waals surface area contributed by atoms with E-state index in [-0.39, 0.29) is 12.0 Å². The van der Waals surface area contributed by atoms with Gasteiger partial charge in [-0.15, -0.1) is 11.8 Å². The third kappa shape index (κ3) is 6.09. The summed E-state index contributed by atoms with van der Waals surface area (Å²) in [6.07, 6.45) is 0.0407. The number of nitrogens with zero attached hydrogens (tertiary/aromatic N) is 2. The van der Waals surface area contributed by atoms with Gasteiger partial charge in [-0.05, 0) is 19.4 Å². The number of morpholine rings is 1. The van der Waals surface area contributed by atoms with Gasteiger partial charge in [-0.2, -0.15) is 0 Å². The average Bonchev–Trinajstić information content (AvgIpc) is 2.99. The fourth-order valence-corrected chi connectivity index (χ4v) is 4.13. The number of thioether (sulfide) groups is 1. The molecule has 146 valence electrons. The van der Waals surface area contributed by atoms with E-state index in [9.17, 15) is 4.79 Å². The molecular formula is C20H27N3O3S. The topological polar surface area (TPSA) is 67.6 Å². The largest absolute Gasteiger partial charge is 0.374 e. The van der Waals surface area contributed by atoms with E-state index in [4.69, 9.17) is 9.26 Å². The molecule has 1 N–H and O–H groups in total. The van der Waals surface area contributed by atoms with Crippen molar-refractivity contribution < 1.29 is 14.1 Å². The van der Waals surface area contributed by atoms with E-state index in [1.54, 1.807) is 11.8 Å². The zero-order chi connectivity index (χ0) is 19.1. The molecule has 0 spiro atoms. The maximum atomic E-state index is 12.1. The zero-order valence-electron chi connectivity index (χ0n) is 15.9. The number of amides is 1. The van der Waals surface area contributed by atoms with Crippen LogP contribution in [0.15, 0.2) is 34.9 Å². The lowest BCUT2D eigenvalue weighted by molar-refractivity contribution is -0.119. The van der Waals surface area contributed by atoms with Crippen LogP contribution < -0.4 is 5.32 Å². The smallest absolute Gasteiger partial charge is 0.230 e. The maximum absolute atomic E-state index is 12.1. The first-order chi connectivity index (χ1) is 13.1. The highest BCUT2D eigenvalue weighted by atomic mass is 32.2. The second-order valence-corrected chi connectivity index (χ2v) is 7.80. The van der Waals surface area contributed by atoms with Gasteiger partial charge in [0.15, 0.2) is 0 Å². The Bertz CT molecular complexity index is 716. The molecule has 1 fully saturated rings. The molecule has 1 unspecified atom stereocenters. The van der Waals surface area contributed by atoms with Crippen LogP contribution in [0.1, 0.15) is 22.6 Å². The van der Waals surface area contributed by atoms with Crippen LogP contribution in [0, 0.1) is 13.8 Å². The summed E-state index contributed by atoms with van der Waals surface area (Å²) in [5.74, 6) is 2.02. The maximum Gasteiger partial charge on any atom is 0.230 e. The van der Waals surface area contributed by atoms with Crippen LogP contribution in [0.4, 0.5) is 0 Å². The number of aryl methyl sites for hydroxylation is 2. The number of carbonyl (C=O) groups excluding carboxylic acids is 1. The number of hydrogen-bond donors (Lipinski definition) is 1. The second kappa shape index (κ2) is 9.92. The number of rotatable bonds is 8. The van der Waals surface area contributed by atoms with Gasteiger partial charge in [0.2, 0.25) is 5.91 Å². The average molecular weight is 390 g/mol. The van der Waals surface area contributed by atoms with Crippen molar-refractivity contribution in [3.63, 3.8) is 0 Å².